The lowest BCUT2D eigenvalue weighted by Crippen LogP contribution is -2.19. The molecule has 0 aliphatic rings. The first-order valence-corrected chi connectivity index (χ1v) is 9.39. The Kier molecular flexibility index (Phi) is 6.05. The zero-order chi connectivity index (χ0) is 19.4. The van der Waals surface area contributed by atoms with Crippen molar-refractivity contribution in [3.8, 4) is 10.4 Å². The van der Waals surface area contributed by atoms with E-state index >= 15 is 0 Å². The van der Waals surface area contributed by atoms with Crippen molar-refractivity contribution in [3.05, 3.63) is 71.0 Å². The maximum absolute atomic E-state index is 13.3. The maximum atomic E-state index is 13.3. The minimum atomic E-state index is -0.514. The first kappa shape index (κ1) is 19.3. The van der Waals surface area contributed by atoms with Crippen molar-refractivity contribution in [2.45, 2.75) is 0 Å². The molecule has 4 nitrogen and oxygen atoms in total. The first-order valence-electron chi connectivity index (χ1n) is 7.78. The molecule has 1 aromatic heterocycles. The summed E-state index contributed by atoms with van der Waals surface area (Å²) in [6, 6.07) is 15.6. The zero-order valence-electron chi connectivity index (χ0n) is 14.1. The number of hydrogen-bond donors (Lipinski definition) is 2. The number of anilines is 2. The molecular weight excluding hydrogens is 407 g/mol. The minimum absolute atomic E-state index is 0.0134. The number of esters is 1. The fourth-order valence-electron chi connectivity index (χ4n) is 2.33. The molecule has 27 heavy (non-hydrogen) atoms. The summed E-state index contributed by atoms with van der Waals surface area (Å²) < 4.78 is 18.1. The van der Waals surface area contributed by atoms with Crippen LogP contribution >= 0.6 is 35.2 Å². The van der Waals surface area contributed by atoms with Crippen LogP contribution in [0, 0.1) is 5.82 Å². The Labute approximate surface area is 169 Å². The minimum Gasteiger partial charge on any atom is -0.465 e. The molecule has 0 fully saturated rings. The van der Waals surface area contributed by atoms with Crippen molar-refractivity contribution in [3.63, 3.8) is 0 Å². The lowest BCUT2D eigenvalue weighted by molar-refractivity contribution is 0.0602. The van der Waals surface area contributed by atoms with E-state index in [9.17, 15) is 9.18 Å². The smallest absolute Gasteiger partial charge is 0.340 e. The number of carbonyl (C=O) groups is 1. The lowest BCUT2D eigenvalue weighted by atomic mass is 10.1. The van der Waals surface area contributed by atoms with Crippen LogP contribution in [0.25, 0.3) is 10.4 Å². The quantitative estimate of drug-likeness (QED) is 0.412. The second-order valence-corrected chi connectivity index (χ2v) is 7.29. The van der Waals surface area contributed by atoms with Crippen LogP contribution in [0.4, 0.5) is 15.1 Å². The number of carbonyl (C=O) groups excluding carboxylic acids is 1. The highest BCUT2D eigenvalue weighted by atomic mass is 35.5. The molecule has 0 aliphatic heterocycles. The summed E-state index contributed by atoms with van der Waals surface area (Å²) in [5.74, 6) is -0.983. The van der Waals surface area contributed by atoms with E-state index in [-0.39, 0.29) is 10.1 Å². The number of thiocarbonyl (C=S) groups is 1. The van der Waals surface area contributed by atoms with Gasteiger partial charge >= 0.3 is 5.97 Å². The van der Waals surface area contributed by atoms with Crippen LogP contribution in [0.5, 0.6) is 0 Å². The van der Waals surface area contributed by atoms with Gasteiger partial charge in [0.25, 0.3) is 0 Å². The topological polar surface area (TPSA) is 50.4 Å². The molecule has 138 valence electrons. The van der Waals surface area contributed by atoms with Gasteiger partial charge in [0.1, 0.15) is 10.8 Å². The van der Waals surface area contributed by atoms with E-state index < -0.39 is 11.8 Å². The second kappa shape index (κ2) is 8.47. The Morgan fingerprint density at radius 2 is 1.89 bits per heavy atom. The number of nitrogens with one attached hydrogen (secondary N) is 2. The molecule has 0 bridgehead atoms. The number of hydrogen-bond acceptors (Lipinski definition) is 4. The van der Waals surface area contributed by atoms with Crippen LogP contribution in [0.1, 0.15) is 10.4 Å². The molecule has 8 heteroatoms. The fourth-order valence-corrected chi connectivity index (χ4v) is 3.85. The van der Waals surface area contributed by atoms with Gasteiger partial charge in [0, 0.05) is 10.6 Å². The molecule has 2 N–H and O–H groups in total. The number of rotatable bonds is 4. The number of methoxy groups -OCH3 is 1. The van der Waals surface area contributed by atoms with Crippen molar-refractivity contribution >= 4 is 56.9 Å². The third-order valence-corrected chi connectivity index (χ3v) is 5.19. The Hall–Kier alpha value is -2.48. The number of thiophene rings is 1. The molecule has 0 saturated carbocycles. The van der Waals surface area contributed by atoms with E-state index in [0.717, 1.165) is 10.4 Å². The van der Waals surface area contributed by atoms with E-state index in [1.165, 1.54) is 36.6 Å². The number of ether oxygens (including phenoxy) is 1. The normalized spacial score (nSPS) is 10.3. The van der Waals surface area contributed by atoms with E-state index in [2.05, 4.69) is 10.6 Å². The summed E-state index contributed by atoms with van der Waals surface area (Å²) in [6.07, 6.45) is 0. The molecular formula is C19H14ClFN2O2S2. The average molecular weight is 421 g/mol. The fraction of sp³-hybridized carbons (Fsp3) is 0.0526. The van der Waals surface area contributed by atoms with Crippen molar-refractivity contribution < 1.29 is 13.9 Å². The summed E-state index contributed by atoms with van der Waals surface area (Å²) >= 11 is 12.4. The Balaban J connectivity index is 1.84. The Bertz CT molecular complexity index is 993. The molecule has 1 heterocycles. The van der Waals surface area contributed by atoms with Gasteiger partial charge in [-0.2, -0.15) is 0 Å². The molecule has 0 unspecified atom stereocenters. The predicted molar refractivity (Wildman–Crippen MR) is 112 cm³/mol. The van der Waals surface area contributed by atoms with Gasteiger partial charge in [-0.15, -0.1) is 11.3 Å². The highest BCUT2D eigenvalue weighted by Gasteiger charge is 2.18. The molecule has 0 saturated heterocycles. The van der Waals surface area contributed by atoms with Gasteiger partial charge in [-0.25, -0.2) is 9.18 Å². The molecule has 3 aromatic rings. The molecule has 0 atom stereocenters. The van der Waals surface area contributed by atoms with E-state index in [1.54, 1.807) is 6.07 Å². The van der Waals surface area contributed by atoms with Crippen LogP contribution in [-0.4, -0.2) is 18.2 Å². The highest BCUT2D eigenvalue weighted by molar-refractivity contribution is 7.80. The largest absolute Gasteiger partial charge is 0.465 e. The van der Waals surface area contributed by atoms with Gasteiger partial charge in [-0.05, 0) is 42.0 Å². The first-order chi connectivity index (χ1) is 13.0. The third-order valence-electron chi connectivity index (χ3n) is 3.60. The number of benzene rings is 2. The standard InChI is InChI=1S/C19H14ClFN2O2S2/c1-25-18(24)13-10-16(11-5-3-2-4-6-11)27-17(13)23-19(26)22-12-7-8-15(21)14(20)9-12/h2-10H,1H3,(H2,22,23,26). The second-order valence-electron chi connectivity index (χ2n) is 5.42. The van der Waals surface area contributed by atoms with Gasteiger partial charge in [-0.1, -0.05) is 41.9 Å². The molecule has 3 rings (SSSR count). The Morgan fingerprint density at radius 1 is 1.15 bits per heavy atom. The maximum Gasteiger partial charge on any atom is 0.340 e. The molecule has 2 aromatic carbocycles. The van der Waals surface area contributed by atoms with Gasteiger partial charge < -0.3 is 15.4 Å². The monoisotopic (exact) mass is 420 g/mol. The summed E-state index contributed by atoms with van der Waals surface area (Å²) in [5, 5.41) is 6.69. The summed E-state index contributed by atoms with van der Waals surface area (Å²) in [5.41, 5.74) is 1.88. The Morgan fingerprint density at radius 3 is 2.56 bits per heavy atom. The van der Waals surface area contributed by atoms with Gasteiger partial charge in [0.05, 0.1) is 17.7 Å². The van der Waals surface area contributed by atoms with Gasteiger partial charge in [0.2, 0.25) is 0 Å². The van der Waals surface area contributed by atoms with Crippen LogP contribution in [0.15, 0.2) is 54.6 Å². The van der Waals surface area contributed by atoms with E-state index in [0.29, 0.717) is 16.3 Å². The lowest BCUT2D eigenvalue weighted by Gasteiger charge is -2.10. The summed E-state index contributed by atoms with van der Waals surface area (Å²) in [4.78, 5) is 13.0. The van der Waals surface area contributed by atoms with Gasteiger partial charge in [-0.3, -0.25) is 0 Å². The number of halogens is 2. The van der Waals surface area contributed by atoms with E-state index in [4.69, 9.17) is 28.6 Å². The van der Waals surface area contributed by atoms with Crippen LogP contribution < -0.4 is 10.6 Å². The SMILES string of the molecule is COC(=O)c1cc(-c2ccccc2)sc1NC(=S)Nc1ccc(F)c(Cl)c1. The van der Waals surface area contributed by atoms with E-state index in [1.807, 2.05) is 30.3 Å². The molecule has 0 radical (unpaired) electrons. The predicted octanol–water partition coefficient (Wildman–Crippen LogP) is 5.80. The highest BCUT2D eigenvalue weighted by Crippen LogP contribution is 2.36. The van der Waals surface area contributed by atoms with Crippen molar-refractivity contribution in [1.29, 1.82) is 0 Å². The molecule has 0 spiro atoms. The molecule has 0 amide bonds. The molecule has 0 aliphatic carbocycles. The summed E-state index contributed by atoms with van der Waals surface area (Å²) in [6.45, 7) is 0. The van der Waals surface area contributed by atoms with Crippen molar-refractivity contribution in [2.24, 2.45) is 0 Å². The van der Waals surface area contributed by atoms with Gasteiger partial charge in [0.15, 0.2) is 5.11 Å². The summed E-state index contributed by atoms with van der Waals surface area (Å²) in [7, 11) is 1.32. The van der Waals surface area contributed by atoms with Crippen molar-refractivity contribution in [2.75, 3.05) is 17.7 Å². The van der Waals surface area contributed by atoms with Crippen molar-refractivity contribution in [1.82, 2.24) is 0 Å². The average Bonchev–Trinajstić information content (AvgIpc) is 3.08. The van der Waals surface area contributed by atoms with Crippen LogP contribution in [0.2, 0.25) is 5.02 Å². The zero-order valence-corrected chi connectivity index (χ0v) is 16.5. The van der Waals surface area contributed by atoms with Crippen LogP contribution in [0.3, 0.4) is 0 Å². The third kappa shape index (κ3) is 4.63. The van der Waals surface area contributed by atoms with Crippen LogP contribution in [-0.2, 0) is 4.74 Å².